The Bertz CT molecular complexity index is 353. The van der Waals surface area contributed by atoms with Gasteiger partial charge in [0, 0.05) is 6.20 Å². The predicted molar refractivity (Wildman–Crippen MR) is 42.5 cm³/mol. The van der Waals surface area contributed by atoms with Gasteiger partial charge in [0.15, 0.2) is 0 Å². The zero-order chi connectivity index (χ0) is 7.84. The Morgan fingerprint density at radius 3 is 2.91 bits per heavy atom. The van der Waals surface area contributed by atoms with E-state index in [1.165, 1.54) is 0 Å². The third-order valence-corrected chi connectivity index (χ3v) is 1.76. The van der Waals surface area contributed by atoms with Gasteiger partial charge in [-0.1, -0.05) is 0 Å². The molecule has 0 aromatic carbocycles. The molecule has 0 saturated carbocycles. The summed E-state index contributed by atoms with van der Waals surface area (Å²) in [4.78, 5) is 4.29. The molecular formula is C8H9N3. The molecule has 0 N–H and O–H groups in total. The number of hydrogen-bond acceptors (Lipinski definition) is 2. The van der Waals surface area contributed by atoms with E-state index in [9.17, 15) is 0 Å². The molecule has 0 aliphatic rings. The predicted octanol–water partition coefficient (Wildman–Crippen LogP) is 1.35. The maximum Gasteiger partial charge on any atom is 0.127 e. The van der Waals surface area contributed by atoms with Gasteiger partial charge in [-0.2, -0.15) is 5.10 Å². The summed E-state index contributed by atoms with van der Waals surface area (Å²) in [5.74, 6) is 0.943. The highest BCUT2D eigenvalue weighted by Gasteiger charge is 2.01. The zero-order valence-corrected chi connectivity index (χ0v) is 6.57. The van der Waals surface area contributed by atoms with E-state index in [-0.39, 0.29) is 0 Å². The molecular weight excluding hydrogens is 138 g/mol. The molecule has 2 aromatic rings. The lowest BCUT2D eigenvalue weighted by atomic mass is 10.4. The smallest absolute Gasteiger partial charge is 0.127 e. The average Bonchev–Trinajstić information content (AvgIpc) is 2.30. The van der Waals surface area contributed by atoms with Crippen LogP contribution >= 0.6 is 0 Å². The van der Waals surface area contributed by atoms with Crippen molar-refractivity contribution in [3.63, 3.8) is 0 Å². The normalized spacial score (nSPS) is 10.7. The van der Waals surface area contributed by atoms with Crippen molar-refractivity contribution in [3.8, 4) is 0 Å². The molecule has 0 radical (unpaired) electrons. The van der Waals surface area contributed by atoms with Crippen LogP contribution in [0.15, 0.2) is 18.3 Å². The number of nitrogens with zero attached hydrogens (tertiary/aromatic N) is 3. The fourth-order valence-electron chi connectivity index (χ4n) is 1.25. The molecule has 0 aliphatic heterocycles. The number of fused-ring (bicyclic) bond motifs is 1. The summed E-state index contributed by atoms with van der Waals surface area (Å²) in [6, 6.07) is 3.94. The van der Waals surface area contributed by atoms with E-state index in [0.717, 1.165) is 17.0 Å². The van der Waals surface area contributed by atoms with Crippen molar-refractivity contribution < 1.29 is 0 Å². The van der Waals surface area contributed by atoms with Crippen molar-refractivity contribution in [2.75, 3.05) is 0 Å². The first-order valence-corrected chi connectivity index (χ1v) is 3.56. The van der Waals surface area contributed by atoms with E-state index in [2.05, 4.69) is 10.1 Å². The maximum atomic E-state index is 4.29. The second kappa shape index (κ2) is 2.05. The Morgan fingerprint density at radius 1 is 1.36 bits per heavy atom. The van der Waals surface area contributed by atoms with E-state index >= 15 is 0 Å². The minimum Gasteiger partial charge on any atom is -0.236 e. The molecule has 0 unspecified atom stereocenters. The SMILES string of the molecule is Cc1nc(C)n2ncccc12. The number of aromatic nitrogens is 3. The number of imidazole rings is 1. The second-order valence-electron chi connectivity index (χ2n) is 2.57. The summed E-state index contributed by atoms with van der Waals surface area (Å²) in [5.41, 5.74) is 2.13. The van der Waals surface area contributed by atoms with Gasteiger partial charge in [-0.25, -0.2) is 9.50 Å². The second-order valence-corrected chi connectivity index (χ2v) is 2.57. The van der Waals surface area contributed by atoms with Crippen LogP contribution in [0.1, 0.15) is 11.5 Å². The Labute approximate surface area is 64.7 Å². The van der Waals surface area contributed by atoms with Gasteiger partial charge >= 0.3 is 0 Å². The highest BCUT2D eigenvalue weighted by Crippen LogP contribution is 2.08. The van der Waals surface area contributed by atoms with Crippen LogP contribution < -0.4 is 0 Å². The quantitative estimate of drug-likeness (QED) is 0.563. The van der Waals surface area contributed by atoms with Crippen molar-refractivity contribution in [1.29, 1.82) is 0 Å². The molecule has 2 heterocycles. The van der Waals surface area contributed by atoms with Crippen LogP contribution in [0.25, 0.3) is 5.52 Å². The fourth-order valence-corrected chi connectivity index (χ4v) is 1.25. The first kappa shape index (κ1) is 6.34. The highest BCUT2D eigenvalue weighted by atomic mass is 15.3. The van der Waals surface area contributed by atoms with E-state index in [1.54, 1.807) is 6.20 Å². The lowest BCUT2D eigenvalue weighted by Gasteiger charge is -1.91. The van der Waals surface area contributed by atoms with Gasteiger partial charge in [-0.15, -0.1) is 0 Å². The van der Waals surface area contributed by atoms with Crippen LogP contribution in [0.2, 0.25) is 0 Å². The highest BCUT2D eigenvalue weighted by molar-refractivity contribution is 5.50. The minimum absolute atomic E-state index is 0.943. The lowest BCUT2D eigenvalue weighted by Crippen LogP contribution is -1.91. The topological polar surface area (TPSA) is 30.2 Å². The van der Waals surface area contributed by atoms with Crippen LogP contribution in [0, 0.1) is 13.8 Å². The summed E-state index contributed by atoms with van der Waals surface area (Å²) in [7, 11) is 0. The van der Waals surface area contributed by atoms with Gasteiger partial charge in [0.05, 0.1) is 11.2 Å². The number of aryl methyl sites for hydroxylation is 2. The molecule has 0 aliphatic carbocycles. The fraction of sp³-hybridized carbons (Fsp3) is 0.250. The molecule has 3 nitrogen and oxygen atoms in total. The summed E-state index contributed by atoms with van der Waals surface area (Å²) >= 11 is 0. The first-order valence-electron chi connectivity index (χ1n) is 3.56. The lowest BCUT2D eigenvalue weighted by molar-refractivity contribution is 0.876. The van der Waals surface area contributed by atoms with Crippen molar-refractivity contribution >= 4 is 5.52 Å². The molecule has 56 valence electrons. The molecule has 0 saturated heterocycles. The average molecular weight is 147 g/mol. The minimum atomic E-state index is 0.943. The third kappa shape index (κ3) is 0.808. The van der Waals surface area contributed by atoms with Crippen LogP contribution in [-0.2, 0) is 0 Å². The molecule has 0 atom stereocenters. The number of rotatable bonds is 0. The standard InChI is InChI=1S/C8H9N3/c1-6-8-4-3-5-9-11(8)7(2)10-6/h3-5H,1-2H3. The number of hydrogen-bond donors (Lipinski definition) is 0. The molecule has 0 fully saturated rings. The summed E-state index contributed by atoms with van der Waals surface area (Å²) < 4.78 is 1.84. The molecule has 11 heavy (non-hydrogen) atoms. The van der Waals surface area contributed by atoms with E-state index < -0.39 is 0 Å². The van der Waals surface area contributed by atoms with Gasteiger partial charge in [-0.05, 0) is 26.0 Å². The van der Waals surface area contributed by atoms with Gasteiger partial charge < -0.3 is 0 Å². The van der Waals surface area contributed by atoms with E-state index in [0.29, 0.717) is 0 Å². The molecule has 0 amide bonds. The van der Waals surface area contributed by atoms with Crippen molar-refractivity contribution in [3.05, 3.63) is 29.8 Å². The van der Waals surface area contributed by atoms with Crippen LogP contribution in [0.4, 0.5) is 0 Å². The van der Waals surface area contributed by atoms with Gasteiger partial charge in [0.1, 0.15) is 5.82 Å². The van der Waals surface area contributed by atoms with Crippen molar-refractivity contribution in [2.45, 2.75) is 13.8 Å². The molecule has 2 rings (SSSR count). The van der Waals surface area contributed by atoms with Crippen molar-refractivity contribution in [2.24, 2.45) is 0 Å². The first-order chi connectivity index (χ1) is 5.29. The van der Waals surface area contributed by atoms with E-state index in [4.69, 9.17) is 0 Å². The molecule has 0 bridgehead atoms. The maximum absolute atomic E-state index is 4.29. The monoisotopic (exact) mass is 147 g/mol. The van der Waals surface area contributed by atoms with Crippen LogP contribution in [-0.4, -0.2) is 14.6 Å². The Morgan fingerprint density at radius 2 is 2.18 bits per heavy atom. The third-order valence-electron chi connectivity index (χ3n) is 1.76. The Balaban J connectivity index is 2.95. The van der Waals surface area contributed by atoms with Gasteiger partial charge in [0.25, 0.3) is 0 Å². The molecule has 3 heteroatoms. The summed E-state index contributed by atoms with van der Waals surface area (Å²) in [5, 5.41) is 4.16. The Hall–Kier alpha value is -1.38. The van der Waals surface area contributed by atoms with Crippen LogP contribution in [0.5, 0.6) is 0 Å². The molecule has 0 spiro atoms. The summed E-state index contributed by atoms with van der Waals surface area (Å²) in [6.07, 6.45) is 1.76. The van der Waals surface area contributed by atoms with Crippen molar-refractivity contribution in [1.82, 2.24) is 14.6 Å². The molecule has 2 aromatic heterocycles. The summed E-state index contributed by atoms with van der Waals surface area (Å²) in [6.45, 7) is 3.94. The van der Waals surface area contributed by atoms with Gasteiger partial charge in [0.2, 0.25) is 0 Å². The zero-order valence-electron chi connectivity index (χ0n) is 6.57. The van der Waals surface area contributed by atoms with Crippen LogP contribution in [0.3, 0.4) is 0 Å². The Kier molecular flexibility index (Phi) is 1.18. The van der Waals surface area contributed by atoms with Gasteiger partial charge in [-0.3, -0.25) is 0 Å². The van der Waals surface area contributed by atoms with E-state index in [1.807, 2.05) is 30.5 Å². The largest absolute Gasteiger partial charge is 0.236 e.